The molecule has 2 heterocycles. The first-order valence-electron chi connectivity index (χ1n) is 10.8. The maximum atomic E-state index is 13.3. The lowest BCUT2D eigenvalue weighted by Gasteiger charge is -2.28. The van der Waals surface area contributed by atoms with Crippen molar-refractivity contribution in [2.75, 3.05) is 13.2 Å². The van der Waals surface area contributed by atoms with Crippen molar-refractivity contribution in [1.29, 1.82) is 0 Å². The number of hydrogen-bond acceptors (Lipinski definition) is 5. The number of H-pyrrole nitrogens is 1. The summed E-state index contributed by atoms with van der Waals surface area (Å²) in [6.45, 7) is 0.620. The Morgan fingerprint density at radius 2 is 2.03 bits per heavy atom. The quantitative estimate of drug-likeness (QED) is 0.552. The summed E-state index contributed by atoms with van der Waals surface area (Å²) < 4.78 is 5.72. The summed E-state index contributed by atoms with van der Waals surface area (Å²) in [4.78, 5) is 37.3. The fraction of sp³-hybridized carbons (Fsp3) is 0.333. The molecule has 8 heteroatoms. The topological polar surface area (TPSA) is 113 Å². The molecular weight excluding hydrogens is 408 g/mol. The summed E-state index contributed by atoms with van der Waals surface area (Å²) in [5.74, 6) is -0.463. The van der Waals surface area contributed by atoms with Gasteiger partial charge in [0.1, 0.15) is 0 Å². The number of rotatable bonds is 6. The van der Waals surface area contributed by atoms with Crippen molar-refractivity contribution in [2.45, 2.75) is 31.4 Å². The minimum absolute atomic E-state index is 0.0391. The Kier molecular flexibility index (Phi) is 5.22. The lowest BCUT2D eigenvalue weighted by atomic mass is 9.86. The van der Waals surface area contributed by atoms with Gasteiger partial charge >= 0.3 is 0 Å². The van der Waals surface area contributed by atoms with Gasteiger partial charge in [0.25, 0.3) is 11.5 Å². The monoisotopic (exact) mass is 432 g/mol. The third kappa shape index (κ3) is 3.89. The summed E-state index contributed by atoms with van der Waals surface area (Å²) >= 11 is 0. The molecule has 2 fully saturated rings. The van der Waals surface area contributed by atoms with Gasteiger partial charge < -0.3 is 15.4 Å². The zero-order valence-corrected chi connectivity index (χ0v) is 17.5. The molecular formula is C24H24N4O4. The van der Waals surface area contributed by atoms with Gasteiger partial charge in [0.2, 0.25) is 5.91 Å². The average Bonchev–Trinajstić information content (AvgIpc) is 3.44. The molecule has 3 aromatic rings. The summed E-state index contributed by atoms with van der Waals surface area (Å²) in [6, 6.07) is 14.8. The van der Waals surface area contributed by atoms with E-state index in [1.807, 2.05) is 42.5 Å². The molecule has 1 saturated carbocycles. The molecule has 2 amide bonds. The summed E-state index contributed by atoms with van der Waals surface area (Å²) in [7, 11) is 0. The van der Waals surface area contributed by atoms with Crippen LogP contribution in [0.4, 0.5) is 0 Å². The van der Waals surface area contributed by atoms with Crippen molar-refractivity contribution in [1.82, 2.24) is 20.8 Å². The number of nitrogens with zero attached hydrogens (tertiary/aromatic N) is 1. The summed E-state index contributed by atoms with van der Waals surface area (Å²) in [5, 5.41) is 14.1. The molecule has 8 nitrogen and oxygen atoms in total. The molecule has 1 saturated heterocycles. The molecule has 0 spiro atoms. The predicted octanol–water partition coefficient (Wildman–Crippen LogP) is 2.08. The van der Waals surface area contributed by atoms with Crippen LogP contribution in [0.3, 0.4) is 0 Å². The maximum Gasteiger partial charge on any atom is 0.264 e. The van der Waals surface area contributed by atoms with E-state index in [1.54, 1.807) is 0 Å². The molecule has 3 unspecified atom stereocenters. The third-order valence-corrected chi connectivity index (χ3v) is 6.52. The smallest absolute Gasteiger partial charge is 0.264 e. The van der Waals surface area contributed by atoms with Crippen LogP contribution in [0.1, 0.15) is 41.2 Å². The average molecular weight is 432 g/mol. The third-order valence-electron chi connectivity index (χ3n) is 6.52. The number of carbonyl (C=O) groups is 2. The molecule has 1 aromatic heterocycles. The zero-order chi connectivity index (χ0) is 22.1. The fourth-order valence-corrected chi connectivity index (χ4v) is 4.69. The van der Waals surface area contributed by atoms with E-state index in [0.717, 1.165) is 35.6 Å². The van der Waals surface area contributed by atoms with Crippen molar-refractivity contribution in [3.63, 3.8) is 0 Å². The molecule has 5 rings (SSSR count). The molecule has 32 heavy (non-hydrogen) atoms. The van der Waals surface area contributed by atoms with E-state index in [-0.39, 0.29) is 24.1 Å². The van der Waals surface area contributed by atoms with Gasteiger partial charge in [-0.25, -0.2) is 5.10 Å². The van der Waals surface area contributed by atoms with Crippen molar-refractivity contribution < 1.29 is 14.3 Å². The number of nitrogens with one attached hydrogen (secondary N) is 3. The fourth-order valence-electron chi connectivity index (χ4n) is 4.69. The molecule has 1 aliphatic heterocycles. The standard InChI is InChI=1S/C24H24N4O4/c29-21-10-18(12-26-28-21)22(30)25-13-20(17-6-5-15-3-1-2-4-16(15)9-17)27-23(31)24-8-7-19(11-24)32-14-24/h1-6,9-10,12,19-20H,7-8,11,13-14H2,(H,25,30)(H,27,31)(H,28,29). The van der Waals surface area contributed by atoms with Crippen molar-refractivity contribution in [2.24, 2.45) is 5.41 Å². The SMILES string of the molecule is O=C(NCC(NC(=O)C12CCC(C1)OC2)c1ccc2ccccc2c1)c1cn[nH]c(=O)c1. The summed E-state index contributed by atoms with van der Waals surface area (Å²) in [5.41, 5.74) is 0.124. The van der Waals surface area contributed by atoms with Gasteiger partial charge in [0.05, 0.1) is 35.9 Å². The van der Waals surface area contributed by atoms with Gasteiger partial charge in [-0.3, -0.25) is 14.4 Å². The number of carbonyl (C=O) groups excluding carboxylic acids is 2. The molecule has 2 aromatic carbocycles. The predicted molar refractivity (Wildman–Crippen MR) is 118 cm³/mol. The maximum absolute atomic E-state index is 13.3. The molecule has 164 valence electrons. The number of aromatic nitrogens is 2. The second kappa shape index (κ2) is 8.20. The van der Waals surface area contributed by atoms with E-state index in [1.165, 1.54) is 12.3 Å². The van der Waals surface area contributed by atoms with Crippen LogP contribution >= 0.6 is 0 Å². The molecule has 2 aliphatic rings. The lowest BCUT2D eigenvalue weighted by Crippen LogP contribution is -2.45. The number of amides is 2. The van der Waals surface area contributed by atoms with Crippen LogP contribution in [0, 0.1) is 5.41 Å². The molecule has 2 bridgehead atoms. The minimum atomic E-state index is -0.486. The minimum Gasteiger partial charge on any atom is -0.377 e. The van der Waals surface area contributed by atoms with E-state index < -0.39 is 22.9 Å². The molecule has 3 N–H and O–H groups in total. The van der Waals surface area contributed by atoms with Crippen LogP contribution in [0.2, 0.25) is 0 Å². The molecule has 1 aliphatic carbocycles. The molecule has 0 radical (unpaired) electrons. The largest absolute Gasteiger partial charge is 0.377 e. The Morgan fingerprint density at radius 3 is 2.75 bits per heavy atom. The van der Waals surface area contributed by atoms with Crippen molar-refractivity contribution in [3.05, 3.63) is 76.2 Å². The normalized spacial score (nSPS) is 22.6. The first kappa shape index (κ1) is 20.4. The highest BCUT2D eigenvalue weighted by Crippen LogP contribution is 2.46. The Balaban J connectivity index is 1.39. The number of hydrogen-bond donors (Lipinski definition) is 3. The second-order valence-corrected chi connectivity index (χ2v) is 8.63. The van der Waals surface area contributed by atoms with Gasteiger partial charge in [-0.15, -0.1) is 0 Å². The van der Waals surface area contributed by atoms with Crippen molar-refractivity contribution in [3.8, 4) is 0 Å². The first-order valence-corrected chi connectivity index (χ1v) is 10.8. The Labute approximate surface area is 184 Å². The van der Waals surface area contributed by atoms with E-state index in [2.05, 4.69) is 20.8 Å². The van der Waals surface area contributed by atoms with Crippen LogP contribution in [0.15, 0.2) is 59.5 Å². The Bertz CT molecular complexity index is 1230. The number of fused-ring (bicyclic) bond motifs is 3. The molecule has 3 atom stereocenters. The second-order valence-electron chi connectivity index (χ2n) is 8.63. The highest BCUT2D eigenvalue weighted by Gasteiger charge is 2.51. The van der Waals surface area contributed by atoms with Gasteiger partial charge in [0.15, 0.2) is 0 Å². The van der Waals surface area contributed by atoms with Gasteiger partial charge in [0, 0.05) is 12.6 Å². The van der Waals surface area contributed by atoms with Gasteiger partial charge in [-0.2, -0.15) is 5.10 Å². The first-order chi connectivity index (χ1) is 15.5. The highest BCUT2D eigenvalue weighted by atomic mass is 16.5. The Morgan fingerprint density at radius 1 is 1.19 bits per heavy atom. The van der Waals surface area contributed by atoms with Crippen LogP contribution < -0.4 is 16.2 Å². The summed E-state index contributed by atoms with van der Waals surface area (Å²) in [6.07, 6.45) is 3.93. The zero-order valence-electron chi connectivity index (χ0n) is 17.5. The van der Waals surface area contributed by atoms with Crippen LogP contribution in [0.5, 0.6) is 0 Å². The van der Waals surface area contributed by atoms with E-state index in [4.69, 9.17) is 4.74 Å². The Hall–Kier alpha value is -3.52. The van der Waals surface area contributed by atoms with Crippen LogP contribution in [-0.4, -0.2) is 41.3 Å². The van der Waals surface area contributed by atoms with Crippen molar-refractivity contribution >= 4 is 22.6 Å². The van der Waals surface area contributed by atoms with Gasteiger partial charge in [-0.05, 0) is 41.7 Å². The van der Waals surface area contributed by atoms with E-state index in [9.17, 15) is 14.4 Å². The highest BCUT2D eigenvalue weighted by molar-refractivity contribution is 5.93. The van der Waals surface area contributed by atoms with Crippen LogP contribution in [-0.2, 0) is 9.53 Å². The lowest BCUT2D eigenvalue weighted by molar-refractivity contribution is -0.132. The number of benzene rings is 2. The number of aromatic amines is 1. The van der Waals surface area contributed by atoms with E-state index in [0.29, 0.717) is 6.61 Å². The van der Waals surface area contributed by atoms with E-state index >= 15 is 0 Å². The number of ether oxygens (including phenoxy) is 1. The van der Waals surface area contributed by atoms with Gasteiger partial charge in [-0.1, -0.05) is 36.4 Å². The van der Waals surface area contributed by atoms with Crippen LogP contribution in [0.25, 0.3) is 10.8 Å².